The van der Waals surface area contributed by atoms with Crippen LogP contribution in [0.5, 0.6) is 0 Å². The summed E-state index contributed by atoms with van der Waals surface area (Å²) in [6.07, 6.45) is 2.74. The third-order valence-electron chi connectivity index (χ3n) is 5.29. The number of para-hydroxylation sites is 1. The smallest absolute Gasteiger partial charge is 0.212 e. The standard InChI is InChI=1S/C19H29FN2/c1-5-22(6-2,7-3)14-10-13-21-15-18(20)16(4)17-11-8-9-12-19(17)21/h8-9,11-12,15H,5-7,10,13-14H2,1-4H3/q+2. The molecule has 0 amide bonds. The maximum absolute atomic E-state index is 14.1. The lowest BCUT2D eigenvalue weighted by Gasteiger charge is -2.35. The average Bonchev–Trinajstić information content (AvgIpc) is 2.56. The number of pyridine rings is 1. The van der Waals surface area contributed by atoms with E-state index in [0.29, 0.717) is 0 Å². The molecule has 2 nitrogen and oxygen atoms in total. The number of rotatable bonds is 7. The fourth-order valence-corrected chi connectivity index (χ4v) is 3.38. The number of hydrogen-bond donors (Lipinski definition) is 0. The molecule has 0 N–H and O–H groups in total. The molecular formula is C19H29FN2+2. The van der Waals surface area contributed by atoms with E-state index in [0.717, 1.165) is 40.5 Å². The second kappa shape index (κ2) is 7.19. The van der Waals surface area contributed by atoms with E-state index in [1.165, 1.54) is 19.6 Å². The second-order valence-electron chi connectivity index (χ2n) is 6.18. The molecule has 1 heterocycles. The van der Waals surface area contributed by atoms with Gasteiger partial charge in [0.25, 0.3) is 0 Å². The largest absolute Gasteiger partial charge is 0.324 e. The predicted molar refractivity (Wildman–Crippen MR) is 90.2 cm³/mol. The molecule has 0 saturated heterocycles. The van der Waals surface area contributed by atoms with Crippen molar-refractivity contribution in [3.8, 4) is 0 Å². The van der Waals surface area contributed by atoms with Gasteiger partial charge in [0.15, 0.2) is 12.4 Å². The SMILES string of the molecule is CC[N+](CC)(CC)CCC[n+]1cc(F)c(C)c2ccccc21. The van der Waals surface area contributed by atoms with E-state index in [1.54, 1.807) is 6.20 Å². The molecule has 22 heavy (non-hydrogen) atoms. The number of fused-ring (bicyclic) bond motifs is 1. The molecule has 0 saturated carbocycles. The molecule has 0 aliphatic heterocycles. The van der Waals surface area contributed by atoms with E-state index < -0.39 is 0 Å². The molecule has 0 spiro atoms. The van der Waals surface area contributed by atoms with Crippen molar-refractivity contribution in [2.45, 2.75) is 40.7 Å². The van der Waals surface area contributed by atoms with Gasteiger partial charge in [0.05, 0.1) is 38.0 Å². The van der Waals surface area contributed by atoms with E-state index >= 15 is 0 Å². The van der Waals surface area contributed by atoms with Crippen LogP contribution in [0.2, 0.25) is 0 Å². The Balaban J connectivity index is 2.21. The van der Waals surface area contributed by atoms with Crippen LogP contribution >= 0.6 is 0 Å². The Morgan fingerprint density at radius 1 is 1.05 bits per heavy atom. The highest BCUT2D eigenvalue weighted by molar-refractivity contribution is 5.79. The first-order valence-electron chi connectivity index (χ1n) is 8.49. The van der Waals surface area contributed by atoms with Crippen molar-refractivity contribution in [1.29, 1.82) is 0 Å². The maximum atomic E-state index is 14.1. The Morgan fingerprint density at radius 3 is 2.32 bits per heavy atom. The van der Waals surface area contributed by atoms with Gasteiger partial charge in [-0.1, -0.05) is 12.1 Å². The van der Waals surface area contributed by atoms with Gasteiger partial charge in [-0.05, 0) is 33.8 Å². The number of aryl methyl sites for hydroxylation is 2. The lowest BCUT2D eigenvalue weighted by molar-refractivity contribution is -0.925. The van der Waals surface area contributed by atoms with Gasteiger partial charge in [0.1, 0.15) is 0 Å². The van der Waals surface area contributed by atoms with Crippen LogP contribution in [0.25, 0.3) is 10.9 Å². The van der Waals surface area contributed by atoms with E-state index in [9.17, 15) is 4.39 Å². The number of benzene rings is 1. The highest BCUT2D eigenvalue weighted by Crippen LogP contribution is 2.17. The molecular weight excluding hydrogens is 275 g/mol. The summed E-state index contributed by atoms with van der Waals surface area (Å²) in [6.45, 7) is 14.2. The Bertz CT molecular complexity index is 624. The molecule has 1 aromatic carbocycles. The summed E-state index contributed by atoms with van der Waals surface area (Å²) in [6, 6.07) is 8.10. The van der Waals surface area contributed by atoms with Crippen LogP contribution in [0, 0.1) is 12.7 Å². The lowest BCUT2D eigenvalue weighted by Crippen LogP contribution is -2.49. The summed E-state index contributed by atoms with van der Waals surface area (Å²) >= 11 is 0. The predicted octanol–water partition coefficient (Wildman–Crippen LogP) is 3.84. The van der Waals surface area contributed by atoms with Crippen molar-refractivity contribution in [3.05, 3.63) is 41.8 Å². The fraction of sp³-hybridized carbons (Fsp3) is 0.526. The van der Waals surface area contributed by atoms with Crippen LogP contribution in [-0.2, 0) is 6.54 Å². The molecule has 2 aromatic rings. The van der Waals surface area contributed by atoms with Crippen molar-refractivity contribution >= 4 is 10.9 Å². The summed E-state index contributed by atoms with van der Waals surface area (Å²) in [4.78, 5) is 0. The highest BCUT2D eigenvalue weighted by Gasteiger charge is 2.22. The van der Waals surface area contributed by atoms with Crippen molar-refractivity contribution in [2.24, 2.45) is 0 Å². The first kappa shape index (κ1) is 16.9. The van der Waals surface area contributed by atoms with Crippen molar-refractivity contribution in [2.75, 3.05) is 26.2 Å². The van der Waals surface area contributed by atoms with Crippen molar-refractivity contribution < 1.29 is 13.4 Å². The van der Waals surface area contributed by atoms with E-state index in [2.05, 4.69) is 31.4 Å². The number of halogens is 1. The molecule has 0 bridgehead atoms. The van der Waals surface area contributed by atoms with Gasteiger partial charge < -0.3 is 4.48 Å². The molecule has 0 atom stereocenters. The van der Waals surface area contributed by atoms with Crippen molar-refractivity contribution in [3.63, 3.8) is 0 Å². The normalized spacial score (nSPS) is 12.0. The van der Waals surface area contributed by atoms with Crippen LogP contribution in [0.3, 0.4) is 0 Å². The van der Waals surface area contributed by atoms with Crippen LogP contribution < -0.4 is 4.57 Å². The zero-order valence-electron chi connectivity index (χ0n) is 14.4. The Morgan fingerprint density at radius 2 is 1.68 bits per heavy atom. The summed E-state index contributed by atoms with van der Waals surface area (Å²) in [5.41, 5.74) is 1.87. The molecule has 0 unspecified atom stereocenters. The molecule has 0 aliphatic carbocycles. The first-order valence-corrected chi connectivity index (χ1v) is 8.49. The summed E-state index contributed by atoms with van der Waals surface area (Å²) in [5, 5.41) is 1.02. The summed E-state index contributed by atoms with van der Waals surface area (Å²) in [5.74, 6) is -0.110. The van der Waals surface area contributed by atoms with Gasteiger partial charge in [0, 0.05) is 11.6 Å². The van der Waals surface area contributed by atoms with Gasteiger partial charge in [-0.25, -0.2) is 4.39 Å². The minimum atomic E-state index is -0.110. The van der Waals surface area contributed by atoms with Crippen LogP contribution in [-0.4, -0.2) is 30.7 Å². The van der Waals surface area contributed by atoms with Gasteiger partial charge in [0.2, 0.25) is 11.7 Å². The van der Waals surface area contributed by atoms with Crippen LogP contribution in [0.4, 0.5) is 4.39 Å². The zero-order chi connectivity index (χ0) is 16.2. The molecule has 0 aliphatic rings. The van der Waals surface area contributed by atoms with E-state index in [-0.39, 0.29) is 5.82 Å². The molecule has 0 radical (unpaired) electrons. The fourth-order valence-electron chi connectivity index (χ4n) is 3.38. The molecule has 1 aromatic heterocycles. The first-order chi connectivity index (χ1) is 10.6. The second-order valence-corrected chi connectivity index (χ2v) is 6.18. The average molecular weight is 304 g/mol. The van der Waals surface area contributed by atoms with Gasteiger partial charge in [-0.2, -0.15) is 4.57 Å². The monoisotopic (exact) mass is 304 g/mol. The number of aromatic nitrogens is 1. The molecule has 0 fully saturated rings. The number of hydrogen-bond acceptors (Lipinski definition) is 0. The molecule has 2 rings (SSSR count). The molecule has 3 heteroatoms. The lowest BCUT2D eigenvalue weighted by atomic mass is 10.1. The van der Waals surface area contributed by atoms with Crippen LogP contribution in [0.1, 0.15) is 32.8 Å². The Hall–Kier alpha value is -1.48. The van der Waals surface area contributed by atoms with Crippen LogP contribution in [0.15, 0.2) is 30.5 Å². The minimum absolute atomic E-state index is 0.110. The Kier molecular flexibility index (Phi) is 5.52. The Labute approximate surface area is 133 Å². The van der Waals surface area contributed by atoms with E-state index in [1.807, 2.05) is 25.1 Å². The number of quaternary nitrogens is 1. The topological polar surface area (TPSA) is 3.88 Å². The zero-order valence-corrected chi connectivity index (χ0v) is 14.4. The summed E-state index contributed by atoms with van der Waals surface area (Å²) < 4.78 is 17.4. The minimum Gasteiger partial charge on any atom is -0.324 e. The summed E-state index contributed by atoms with van der Waals surface area (Å²) in [7, 11) is 0. The maximum Gasteiger partial charge on any atom is 0.212 e. The third-order valence-corrected chi connectivity index (χ3v) is 5.29. The van der Waals surface area contributed by atoms with Gasteiger partial charge >= 0.3 is 0 Å². The molecule has 120 valence electrons. The number of nitrogens with zero attached hydrogens (tertiary/aromatic N) is 2. The van der Waals surface area contributed by atoms with Gasteiger partial charge in [-0.3, -0.25) is 0 Å². The third kappa shape index (κ3) is 3.30. The van der Waals surface area contributed by atoms with E-state index in [4.69, 9.17) is 0 Å². The van der Waals surface area contributed by atoms with Crippen molar-refractivity contribution in [1.82, 2.24) is 0 Å². The highest BCUT2D eigenvalue weighted by atomic mass is 19.1. The quantitative estimate of drug-likeness (QED) is 0.540. The van der Waals surface area contributed by atoms with Gasteiger partial charge in [-0.15, -0.1) is 0 Å².